The molecule has 0 radical (unpaired) electrons. The predicted octanol–water partition coefficient (Wildman–Crippen LogP) is 4.99. The van der Waals surface area contributed by atoms with Crippen molar-refractivity contribution < 1.29 is 22.7 Å². The van der Waals surface area contributed by atoms with Gasteiger partial charge in [0, 0.05) is 17.6 Å². The first-order chi connectivity index (χ1) is 18.7. The molecule has 2 amide bonds. The summed E-state index contributed by atoms with van der Waals surface area (Å²) in [7, 11) is -4.13. The molecule has 3 rings (SSSR count). The van der Waals surface area contributed by atoms with Crippen molar-refractivity contribution in [2.45, 2.75) is 44.7 Å². The minimum absolute atomic E-state index is 0.0230. The van der Waals surface area contributed by atoms with Crippen LogP contribution < -0.4 is 14.4 Å². The summed E-state index contributed by atoms with van der Waals surface area (Å²) in [4.78, 5) is 28.2. The lowest BCUT2D eigenvalue weighted by atomic mass is 10.1. The summed E-state index contributed by atoms with van der Waals surface area (Å²) in [6.07, 6.45) is 0.750. The van der Waals surface area contributed by atoms with Crippen LogP contribution in [0.4, 0.5) is 5.69 Å². The highest BCUT2D eigenvalue weighted by Gasteiger charge is 2.32. The Hall–Kier alpha value is -3.37. The van der Waals surface area contributed by atoms with Crippen molar-refractivity contribution in [1.82, 2.24) is 10.2 Å². The molecule has 8 nitrogen and oxygen atoms in total. The number of carbonyl (C=O) groups excluding carboxylic acids is 2. The molecule has 0 saturated carbocycles. The molecular weight excluding hydrogens is 582 g/mol. The Labute approximate surface area is 239 Å². The first-order valence-electron chi connectivity index (χ1n) is 12.8. The van der Waals surface area contributed by atoms with Crippen molar-refractivity contribution in [3.63, 3.8) is 0 Å². The number of rotatable bonds is 13. The van der Waals surface area contributed by atoms with Crippen molar-refractivity contribution in [2.75, 3.05) is 24.0 Å². The van der Waals surface area contributed by atoms with Gasteiger partial charge in [-0.25, -0.2) is 8.42 Å². The summed E-state index contributed by atoms with van der Waals surface area (Å²) < 4.78 is 35.0. The van der Waals surface area contributed by atoms with Crippen LogP contribution in [0.25, 0.3) is 0 Å². The maximum Gasteiger partial charge on any atom is 0.264 e. The molecule has 0 aliphatic carbocycles. The van der Waals surface area contributed by atoms with Crippen LogP contribution in [-0.2, 0) is 26.2 Å². The second kappa shape index (κ2) is 14.1. The number of ether oxygens (including phenoxy) is 1. The minimum Gasteiger partial charge on any atom is -0.494 e. The topological polar surface area (TPSA) is 96.0 Å². The first kappa shape index (κ1) is 30.2. The molecule has 0 saturated heterocycles. The van der Waals surface area contributed by atoms with Gasteiger partial charge in [0.25, 0.3) is 10.0 Å². The normalized spacial score (nSPS) is 11.9. The molecule has 0 fully saturated rings. The zero-order valence-corrected chi connectivity index (χ0v) is 24.7. The molecule has 0 heterocycles. The van der Waals surface area contributed by atoms with Crippen LogP contribution >= 0.6 is 15.9 Å². The van der Waals surface area contributed by atoms with Crippen LogP contribution in [-0.4, -0.2) is 50.9 Å². The van der Waals surface area contributed by atoms with E-state index in [0.29, 0.717) is 24.6 Å². The highest BCUT2D eigenvalue weighted by molar-refractivity contribution is 9.10. The standard InChI is InChI=1S/C29H34BrN3O5S/c1-4-18-31-29(35)22(3)32(20-23-10-9-11-24(30)19-23)28(34)21-33(25-12-7-6-8-13-25)39(36,37)27-16-14-26(15-17-27)38-5-2/h6-17,19,22H,4-5,18,20-21H2,1-3H3,(H,31,35)/t22-/m1/s1. The Kier molecular flexibility index (Phi) is 10.9. The van der Waals surface area contributed by atoms with E-state index in [0.717, 1.165) is 20.8 Å². The van der Waals surface area contributed by atoms with Crippen molar-refractivity contribution >= 4 is 43.5 Å². The van der Waals surface area contributed by atoms with Gasteiger partial charge in [-0.15, -0.1) is 0 Å². The third-order valence-electron chi connectivity index (χ3n) is 6.00. The highest BCUT2D eigenvalue weighted by Crippen LogP contribution is 2.26. The smallest absolute Gasteiger partial charge is 0.264 e. The molecule has 208 valence electrons. The molecule has 0 unspecified atom stereocenters. The summed E-state index contributed by atoms with van der Waals surface area (Å²) in [6, 6.07) is 21.1. The van der Waals surface area contributed by atoms with Crippen LogP contribution in [0.15, 0.2) is 88.2 Å². The maximum absolute atomic E-state index is 13.9. The Bertz CT molecular complexity index is 1350. The van der Waals surface area contributed by atoms with Crippen molar-refractivity contribution in [3.8, 4) is 5.75 Å². The van der Waals surface area contributed by atoms with E-state index in [1.807, 2.05) is 38.1 Å². The SMILES string of the molecule is CCCNC(=O)[C@@H](C)N(Cc1cccc(Br)c1)C(=O)CN(c1ccccc1)S(=O)(=O)c1ccc(OCC)cc1. The van der Waals surface area contributed by atoms with Crippen LogP contribution in [0, 0.1) is 0 Å². The number of nitrogens with one attached hydrogen (secondary N) is 1. The van der Waals surface area contributed by atoms with Crippen LogP contribution in [0.2, 0.25) is 0 Å². The third kappa shape index (κ3) is 8.06. The molecule has 0 spiro atoms. The van der Waals surface area contributed by atoms with Crippen molar-refractivity contribution in [1.29, 1.82) is 0 Å². The fourth-order valence-electron chi connectivity index (χ4n) is 3.94. The van der Waals surface area contributed by atoms with E-state index in [1.165, 1.54) is 17.0 Å². The van der Waals surface area contributed by atoms with Crippen LogP contribution in [0.1, 0.15) is 32.8 Å². The zero-order valence-electron chi connectivity index (χ0n) is 22.3. The monoisotopic (exact) mass is 615 g/mol. The number of amides is 2. The average molecular weight is 617 g/mol. The van der Waals surface area contributed by atoms with Crippen molar-refractivity contribution in [3.05, 3.63) is 88.9 Å². The van der Waals surface area contributed by atoms with E-state index < -0.39 is 28.5 Å². The summed E-state index contributed by atoms with van der Waals surface area (Å²) in [5.41, 5.74) is 1.14. The van der Waals surface area contributed by atoms with Crippen LogP contribution in [0.5, 0.6) is 5.75 Å². The number of carbonyl (C=O) groups is 2. The van der Waals surface area contributed by atoms with Gasteiger partial charge in [-0.05, 0) is 74.4 Å². The molecule has 0 aliphatic rings. The van der Waals surface area contributed by atoms with Gasteiger partial charge in [0.2, 0.25) is 11.8 Å². The van der Waals surface area contributed by atoms with Gasteiger partial charge in [0.15, 0.2) is 0 Å². The third-order valence-corrected chi connectivity index (χ3v) is 8.29. The summed E-state index contributed by atoms with van der Waals surface area (Å²) in [6.45, 7) is 6.01. The predicted molar refractivity (Wildman–Crippen MR) is 156 cm³/mol. The van der Waals surface area contributed by atoms with E-state index in [4.69, 9.17) is 4.74 Å². The number of anilines is 1. The van der Waals surface area contributed by atoms with Gasteiger partial charge in [-0.1, -0.05) is 53.2 Å². The molecule has 3 aromatic rings. The number of sulfonamides is 1. The van der Waals surface area contributed by atoms with E-state index in [9.17, 15) is 18.0 Å². The summed E-state index contributed by atoms with van der Waals surface area (Å²) in [5.74, 6) is -0.265. The Morgan fingerprint density at radius 3 is 2.28 bits per heavy atom. The lowest BCUT2D eigenvalue weighted by molar-refractivity contribution is -0.139. The first-order valence-corrected chi connectivity index (χ1v) is 15.0. The zero-order chi connectivity index (χ0) is 28.4. The number of para-hydroxylation sites is 1. The maximum atomic E-state index is 13.9. The average Bonchev–Trinajstić information content (AvgIpc) is 2.93. The number of nitrogens with zero attached hydrogens (tertiary/aromatic N) is 2. The molecule has 3 aromatic carbocycles. The van der Waals surface area contributed by atoms with E-state index in [2.05, 4.69) is 21.2 Å². The quantitative estimate of drug-likeness (QED) is 0.292. The fourth-order valence-corrected chi connectivity index (χ4v) is 5.80. The van der Waals surface area contributed by atoms with Gasteiger partial charge in [0.1, 0.15) is 18.3 Å². The minimum atomic E-state index is -4.13. The fraction of sp³-hybridized carbons (Fsp3) is 0.310. The molecule has 0 aliphatic heterocycles. The van der Waals surface area contributed by atoms with E-state index >= 15 is 0 Å². The number of halogens is 1. The van der Waals surface area contributed by atoms with Gasteiger partial charge in [-0.2, -0.15) is 0 Å². The van der Waals surface area contributed by atoms with Gasteiger partial charge < -0.3 is 15.0 Å². The lowest BCUT2D eigenvalue weighted by Crippen LogP contribution is -2.51. The van der Waals surface area contributed by atoms with Crippen molar-refractivity contribution in [2.24, 2.45) is 0 Å². The van der Waals surface area contributed by atoms with Crippen LogP contribution in [0.3, 0.4) is 0 Å². The summed E-state index contributed by atoms with van der Waals surface area (Å²) >= 11 is 3.45. The Morgan fingerprint density at radius 1 is 0.974 bits per heavy atom. The van der Waals surface area contributed by atoms with E-state index in [1.54, 1.807) is 49.4 Å². The molecular formula is C29H34BrN3O5S. The summed E-state index contributed by atoms with van der Waals surface area (Å²) in [5, 5.41) is 2.84. The molecule has 39 heavy (non-hydrogen) atoms. The second-order valence-electron chi connectivity index (χ2n) is 8.87. The largest absolute Gasteiger partial charge is 0.494 e. The Morgan fingerprint density at radius 2 is 1.67 bits per heavy atom. The molecule has 1 atom stereocenters. The second-order valence-corrected chi connectivity index (χ2v) is 11.6. The molecule has 10 heteroatoms. The molecule has 0 bridgehead atoms. The Balaban J connectivity index is 1.98. The lowest BCUT2D eigenvalue weighted by Gasteiger charge is -2.32. The number of hydrogen-bond acceptors (Lipinski definition) is 5. The van der Waals surface area contributed by atoms with Gasteiger partial charge in [-0.3, -0.25) is 13.9 Å². The molecule has 0 aromatic heterocycles. The molecule has 1 N–H and O–H groups in total. The van der Waals surface area contributed by atoms with Gasteiger partial charge in [0.05, 0.1) is 17.2 Å². The van der Waals surface area contributed by atoms with E-state index in [-0.39, 0.29) is 17.3 Å². The van der Waals surface area contributed by atoms with Gasteiger partial charge >= 0.3 is 0 Å². The highest BCUT2D eigenvalue weighted by atomic mass is 79.9. The number of hydrogen-bond donors (Lipinski definition) is 1. The number of benzene rings is 3.